The number of likely N-dealkylation sites (tertiary alicyclic amines) is 1. The average Bonchev–Trinajstić information content (AvgIpc) is 2.28. The highest BCUT2D eigenvalue weighted by Crippen LogP contribution is 2.16. The van der Waals surface area contributed by atoms with Crippen LogP contribution in [0.3, 0.4) is 0 Å². The van der Waals surface area contributed by atoms with Gasteiger partial charge in [0.2, 0.25) is 0 Å². The van der Waals surface area contributed by atoms with Crippen LogP contribution in [0, 0.1) is 0 Å². The van der Waals surface area contributed by atoms with Crippen LogP contribution in [-0.4, -0.2) is 47.0 Å². The summed E-state index contributed by atoms with van der Waals surface area (Å²) in [5, 5.41) is 18.5. The van der Waals surface area contributed by atoms with Crippen LogP contribution in [0.1, 0.15) is 32.6 Å². The summed E-state index contributed by atoms with van der Waals surface area (Å²) in [4.78, 5) is 2.22. The summed E-state index contributed by atoms with van der Waals surface area (Å²) in [6.07, 6.45) is 4.45. The predicted octanol–water partition coefficient (Wildman–Crippen LogP) is 0.604. The Hall–Kier alpha value is -0.120. The van der Waals surface area contributed by atoms with Gasteiger partial charge in [-0.05, 0) is 26.3 Å². The predicted molar refractivity (Wildman–Crippen MR) is 52.6 cm³/mol. The minimum Gasteiger partial charge on any atom is -0.395 e. The van der Waals surface area contributed by atoms with E-state index in [0.717, 1.165) is 13.0 Å². The van der Waals surface area contributed by atoms with Gasteiger partial charge in [-0.1, -0.05) is 12.8 Å². The largest absolute Gasteiger partial charge is 0.395 e. The molecule has 2 N–H and O–H groups in total. The Morgan fingerprint density at radius 2 is 2.15 bits per heavy atom. The molecule has 0 saturated carbocycles. The zero-order valence-electron chi connectivity index (χ0n) is 8.45. The van der Waals surface area contributed by atoms with Gasteiger partial charge in [0.05, 0.1) is 12.7 Å². The van der Waals surface area contributed by atoms with Crippen molar-refractivity contribution >= 4 is 0 Å². The van der Waals surface area contributed by atoms with Crippen molar-refractivity contribution in [1.29, 1.82) is 0 Å². The number of β-amino-alcohol motifs (C(OH)–C–C–N with tert-alkyl or cyclic N) is 1. The van der Waals surface area contributed by atoms with E-state index in [9.17, 15) is 10.2 Å². The Labute approximate surface area is 80.4 Å². The Bertz CT molecular complexity index is 139. The maximum atomic E-state index is 9.29. The summed E-state index contributed by atoms with van der Waals surface area (Å²) in [5.41, 5.74) is 0. The van der Waals surface area contributed by atoms with E-state index in [2.05, 4.69) is 4.90 Å². The molecule has 1 unspecified atom stereocenters. The highest BCUT2D eigenvalue weighted by molar-refractivity contribution is 4.75. The number of hydrogen-bond donors (Lipinski definition) is 2. The van der Waals surface area contributed by atoms with Gasteiger partial charge < -0.3 is 10.2 Å². The number of rotatable bonds is 3. The van der Waals surface area contributed by atoms with E-state index in [0.29, 0.717) is 6.54 Å². The molecular formula is C10H21NO2. The molecule has 78 valence electrons. The summed E-state index contributed by atoms with van der Waals surface area (Å²) < 4.78 is 0. The third-order valence-electron chi connectivity index (χ3n) is 2.71. The number of hydrogen-bond acceptors (Lipinski definition) is 3. The Balaban J connectivity index is 2.44. The van der Waals surface area contributed by atoms with Crippen molar-refractivity contribution in [3.05, 3.63) is 0 Å². The van der Waals surface area contributed by atoms with E-state index < -0.39 is 0 Å². The van der Waals surface area contributed by atoms with Gasteiger partial charge in [0.1, 0.15) is 0 Å². The van der Waals surface area contributed by atoms with Crippen molar-refractivity contribution in [2.45, 2.75) is 44.8 Å². The summed E-state index contributed by atoms with van der Waals surface area (Å²) in [6.45, 7) is 3.76. The first-order valence-corrected chi connectivity index (χ1v) is 5.27. The molecule has 1 rings (SSSR count). The lowest BCUT2D eigenvalue weighted by Gasteiger charge is -2.29. The lowest BCUT2D eigenvalue weighted by molar-refractivity contribution is 0.0719. The van der Waals surface area contributed by atoms with E-state index in [1.54, 1.807) is 6.92 Å². The molecule has 0 bridgehead atoms. The minimum atomic E-state index is -0.285. The molecule has 0 aromatic rings. The van der Waals surface area contributed by atoms with Crippen molar-refractivity contribution in [3.8, 4) is 0 Å². The zero-order chi connectivity index (χ0) is 9.68. The van der Waals surface area contributed by atoms with Gasteiger partial charge in [-0.3, -0.25) is 4.90 Å². The fourth-order valence-electron chi connectivity index (χ4n) is 2.02. The second-order valence-corrected chi connectivity index (χ2v) is 4.03. The molecule has 0 radical (unpaired) electrons. The molecule has 0 spiro atoms. The fraction of sp³-hybridized carbons (Fsp3) is 1.00. The van der Waals surface area contributed by atoms with Gasteiger partial charge in [0.25, 0.3) is 0 Å². The minimum absolute atomic E-state index is 0.229. The maximum Gasteiger partial charge on any atom is 0.0639 e. The number of aliphatic hydroxyl groups excluding tert-OH is 2. The van der Waals surface area contributed by atoms with Crippen LogP contribution >= 0.6 is 0 Å². The SMILES string of the molecule is C[C@@H](O)CN1CCCCCC1CO. The van der Waals surface area contributed by atoms with Crippen molar-refractivity contribution in [2.24, 2.45) is 0 Å². The molecular weight excluding hydrogens is 166 g/mol. The van der Waals surface area contributed by atoms with Gasteiger partial charge in [-0.2, -0.15) is 0 Å². The van der Waals surface area contributed by atoms with Crippen molar-refractivity contribution in [1.82, 2.24) is 4.90 Å². The number of nitrogens with zero attached hydrogens (tertiary/aromatic N) is 1. The summed E-state index contributed by atoms with van der Waals surface area (Å²) in [7, 11) is 0. The van der Waals surface area contributed by atoms with Gasteiger partial charge in [-0.25, -0.2) is 0 Å². The Morgan fingerprint density at radius 3 is 2.77 bits per heavy atom. The molecule has 13 heavy (non-hydrogen) atoms. The van der Waals surface area contributed by atoms with E-state index in [-0.39, 0.29) is 18.8 Å². The standard InChI is InChI=1S/C10H21NO2/c1-9(13)7-11-6-4-2-3-5-10(11)8-12/h9-10,12-13H,2-8H2,1H3/t9-,10?/m1/s1. The van der Waals surface area contributed by atoms with Gasteiger partial charge in [-0.15, -0.1) is 0 Å². The summed E-state index contributed by atoms with van der Waals surface area (Å²) >= 11 is 0. The molecule has 1 aliphatic rings. The summed E-state index contributed by atoms with van der Waals surface area (Å²) in [5.74, 6) is 0. The van der Waals surface area contributed by atoms with Crippen molar-refractivity contribution < 1.29 is 10.2 Å². The third-order valence-corrected chi connectivity index (χ3v) is 2.71. The first-order valence-electron chi connectivity index (χ1n) is 5.27. The Morgan fingerprint density at radius 1 is 1.38 bits per heavy atom. The monoisotopic (exact) mass is 187 g/mol. The van der Waals surface area contributed by atoms with Crippen LogP contribution in [0.4, 0.5) is 0 Å². The smallest absolute Gasteiger partial charge is 0.0639 e. The molecule has 0 aliphatic carbocycles. The highest BCUT2D eigenvalue weighted by atomic mass is 16.3. The zero-order valence-corrected chi connectivity index (χ0v) is 8.45. The first-order chi connectivity index (χ1) is 6.24. The lowest BCUT2D eigenvalue weighted by Crippen LogP contribution is -2.41. The maximum absolute atomic E-state index is 9.29. The van der Waals surface area contributed by atoms with E-state index >= 15 is 0 Å². The second kappa shape index (κ2) is 5.58. The lowest BCUT2D eigenvalue weighted by atomic mass is 10.1. The normalized spacial score (nSPS) is 28.4. The van der Waals surface area contributed by atoms with Crippen LogP contribution in [-0.2, 0) is 0 Å². The van der Waals surface area contributed by atoms with Crippen molar-refractivity contribution in [2.75, 3.05) is 19.7 Å². The van der Waals surface area contributed by atoms with E-state index in [1.807, 2.05) is 0 Å². The molecule has 3 heteroatoms. The molecule has 1 fully saturated rings. The quantitative estimate of drug-likeness (QED) is 0.680. The van der Waals surface area contributed by atoms with Gasteiger partial charge in [0.15, 0.2) is 0 Å². The van der Waals surface area contributed by atoms with E-state index in [4.69, 9.17) is 0 Å². The van der Waals surface area contributed by atoms with Crippen LogP contribution in [0.25, 0.3) is 0 Å². The second-order valence-electron chi connectivity index (χ2n) is 4.03. The van der Waals surface area contributed by atoms with Crippen LogP contribution in [0.5, 0.6) is 0 Å². The molecule has 0 aromatic carbocycles. The third kappa shape index (κ3) is 3.63. The molecule has 1 saturated heterocycles. The molecule has 1 aliphatic heterocycles. The fourth-order valence-corrected chi connectivity index (χ4v) is 2.02. The molecule has 1 heterocycles. The van der Waals surface area contributed by atoms with Crippen LogP contribution < -0.4 is 0 Å². The molecule has 2 atom stereocenters. The first kappa shape index (κ1) is 11.0. The molecule has 0 aromatic heterocycles. The molecule has 3 nitrogen and oxygen atoms in total. The average molecular weight is 187 g/mol. The topological polar surface area (TPSA) is 43.7 Å². The Kier molecular flexibility index (Phi) is 4.70. The van der Waals surface area contributed by atoms with Crippen LogP contribution in [0.15, 0.2) is 0 Å². The van der Waals surface area contributed by atoms with E-state index in [1.165, 1.54) is 19.3 Å². The van der Waals surface area contributed by atoms with Crippen molar-refractivity contribution in [3.63, 3.8) is 0 Å². The molecule has 0 amide bonds. The van der Waals surface area contributed by atoms with Gasteiger partial charge >= 0.3 is 0 Å². The summed E-state index contributed by atoms with van der Waals surface area (Å²) in [6, 6.07) is 0.275. The number of aliphatic hydroxyl groups is 2. The highest BCUT2D eigenvalue weighted by Gasteiger charge is 2.20. The van der Waals surface area contributed by atoms with Crippen LogP contribution in [0.2, 0.25) is 0 Å². The van der Waals surface area contributed by atoms with Gasteiger partial charge in [0, 0.05) is 12.6 Å².